The molecule has 194 valence electrons. The van der Waals surface area contributed by atoms with Crippen molar-refractivity contribution >= 4 is 11.6 Å². The van der Waals surface area contributed by atoms with E-state index in [1.165, 1.54) is 12.3 Å². The van der Waals surface area contributed by atoms with E-state index in [-0.39, 0.29) is 11.6 Å². The maximum atomic E-state index is 13.7. The minimum Gasteiger partial charge on any atom is -0.394 e. The molecular weight excluding hydrogens is 482 g/mol. The van der Waals surface area contributed by atoms with Gasteiger partial charge in [-0.25, -0.2) is 9.59 Å². The van der Waals surface area contributed by atoms with Gasteiger partial charge in [-0.1, -0.05) is 0 Å². The maximum absolute atomic E-state index is 13.7. The van der Waals surface area contributed by atoms with Gasteiger partial charge in [0.05, 0.1) is 13.2 Å². The zero-order chi connectivity index (χ0) is 26.1. The van der Waals surface area contributed by atoms with Gasteiger partial charge in [0.1, 0.15) is 36.1 Å². The molecule has 0 amide bonds. The fourth-order valence-electron chi connectivity index (χ4n) is 3.45. The van der Waals surface area contributed by atoms with Crippen LogP contribution in [0.3, 0.4) is 0 Å². The summed E-state index contributed by atoms with van der Waals surface area (Å²) in [6, 6.07) is 2.52. The first kappa shape index (κ1) is 26.5. The summed E-state index contributed by atoms with van der Waals surface area (Å²) in [6.45, 7) is -1.24. The fourth-order valence-corrected chi connectivity index (χ4v) is 3.45. The van der Waals surface area contributed by atoms with E-state index < -0.39 is 73.5 Å². The summed E-state index contributed by atoms with van der Waals surface area (Å²) >= 11 is 0. The Morgan fingerprint density at radius 2 is 1.40 bits per heavy atom. The molecule has 15 nitrogen and oxygen atoms in total. The van der Waals surface area contributed by atoms with E-state index in [0.29, 0.717) is 4.57 Å². The minimum atomic E-state index is -3.71. The Balaban J connectivity index is 0.000000196. The van der Waals surface area contributed by atoms with Crippen LogP contribution in [0.25, 0.3) is 0 Å². The van der Waals surface area contributed by atoms with E-state index >= 15 is 0 Å². The molecule has 9 N–H and O–H groups in total. The highest BCUT2D eigenvalue weighted by atomic mass is 19.3. The molecule has 2 aromatic rings. The molecule has 0 bridgehead atoms. The Hall–Kier alpha value is -3.06. The number of hydrogen-bond acceptors (Lipinski definition) is 13. The number of aromatic nitrogens is 4. The van der Waals surface area contributed by atoms with Crippen LogP contribution in [0.5, 0.6) is 0 Å². The van der Waals surface area contributed by atoms with Crippen LogP contribution in [0.2, 0.25) is 0 Å². The fraction of sp³-hybridized carbons (Fsp3) is 0.556. The highest BCUT2D eigenvalue weighted by molar-refractivity contribution is 5.24. The molecule has 35 heavy (non-hydrogen) atoms. The molecule has 0 spiro atoms. The molecule has 17 heteroatoms. The van der Waals surface area contributed by atoms with Crippen molar-refractivity contribution in [1.29, 1.82) is 0 Å². The standard InChI is InChI=1S/C9H11F2N3O4.C9H13N3O5/c10-9(11)6(16)4(3-15)18-7(9)14-2-1-5(12)13-8(14)17;10-5-1-2-12(9(16)11-5)8-7(15)6(14)4(3-13)17-8/h1-2,4,6-7,15-16H,3H2,(H2,12,13,17);1-2,4,6-8,13-15H,3H2,(H2,10,11,16)/t4-,6-,7-;4-,6-,7+,8-/m11/s1. The average Bonchev–Trinajstić information content (AvgIpc) is 3.21. The highest BCUT2D eigenvalue weighted by Crippen LogP contribution is 2.41. The number of anilines is 2. The van der Waals surface area contributed by atoms with Gasteiger partial charge in [0.2, 0.25) is 6.23 Å². The minimum absolute atomic E-state index is 0.0537. The average molecular weight is 506 g/mol. The first-order valence-electron chi connectivity index (χ1n) is 10.1. The maximum Gasteiger partial charge on any atom is 0.351 e. The summed E-state index contributed by atoms with van der Waals surface area (Å²) in [5.41, 5.74) is 8.84. The van der Waals surface area contributed by atoms with Crippen LogP contribution in [0.1, 0.15) is 12.5 Å². The van der Waals surface area contributed by atoms with Gasteiger partial charge >= 0.3 is 17.3 Å². The molecule has 2 aliphatic heterocycles. The Kier molecular flexibility index (Phi) is 7.80. The van der Waals surface area contributed by atoms with E-state index in [9.17, 15) is 33.7 Å². The van der Waals surface area contributed by atoms with Crippen LogP contribution in [0.15, 0.2) is 34.1 Å². The zero-order valence-electron chi connectivity index (χ0n) is 17.8. The number of ether oxygens (including phenoxy) is 2. The molecule has 0 aliphatic carbocycles. The van der Waals surface area contributed by atoms with Crippen molar-refractivity contribution in [3.05, 3.63) is 45.5 Å². The second kappa shape index (κ2) is 10.3. The molecule has 2 aromatic heterocycles. The number of rotatable bonds is 4. The van der Waals surface area contributed by atoms with Gasteiger partial charge in [-0.3, -0.25) is 9.13 Å². The van der Waals surface area contributed by atoms with E-state index in [0.717, 1.165) is 16.8 Å². The number of alkyl halides is 2. The van der Waals surface area contributed by atoms with Gasteiger partial charge < -0.3 is 46.5 Å². The molecule has 4 heterocycles. The number of halogens is 2. The third kappa shape index (κ3) is 5.15. The SMILES string of the molecule is Nc1ccn([C@@H]2O[C@H](CO)[C@@H](O)C2(F)F)c(=O)n1.Nc1ccn([C@@H]2O[C@H](CO)[C@@H](O)[C@@H]2O)c(=O)n1. The third-order valence-corrected chi connectivity index (χ3v) is 5.31. The van der Waals surface area contributed by atoms with Crippen LogP contribution in [-0.2, 0) is 9.47 Å². The lowest BCUT2D eigenvalue weighted by atomic mass is 10.1. The number of nitrogens with two attached hydrogens (primary N) is 2. The molecule has 2 aliphatic rings. The van der Waals surface area contributed by atoms with Gasteiger partial charge in [-0.2, -0.15) is 18.7 Å². The van der Waals surface area contributed by atoms with Crippen LogP contribution in [0, 0.1) is 0 Å². The zero-order valence-corrected chi connectivity index (χ0v) is 17.8. The molecule has 0 saturated carbocycles. The van der Waals surface area contributed by atoms with Gasteiger partial charge in [0, 0.05) is 12.4 Å². The normalized spacial score (nSPS) is 31.7. The Morgan fingerprint density at radius 3 is 1.83 bits per heavy atom. The first-order valence-corrected chi connectivity index (χ1v) is 10.1. The second-order valence-electron chi connectivity index (χ2n) is 7.64. The van der Waals surface area contributed by atoms with E-state index in [1.807, 2.05) is 0 Å². The summed E-state index contributed by atoms with van der Waals surface area (Å²) in [6.07, 6.45) is -7.95. The Labute approximate surface area is 194 Å². The summed E-state index contributed by atoms with van der Waals surface area (Å²) < 4.78 is 38.9. The van der Waals surface area contributed by atoms with Gasteiger partial charge in [0.15, 0.2) is 12.3 Å². The van der Waals surface area contributed by atoms with Crippen LogP contribution in [-0.4, -0.2) is 94.3 Å². The van der Waals surface area contributed by atoms with Crippen molar-refractivity contribution in [2.75, 3.05) is 24.7 Å². The number of aliphatic hydroxyl groups is 5. The summed E-state index contributed by atoms with van der Waals surface area (Å²) in [5.74, 6) is -3.77. The Morgan fingerprint density at radius 1 is 0.886 bits per heavy atom. The molecule has 7 atom stereocenters. The molecule has 0 unspecified atom stereocenters. The largest absolute Gasteiger partial charge is 0.394 e. The Bertz CT molecular complexity index is 1150. The van der Waals surface area contributed by atoms with Crippen molar-refractivity contribution in [3.63, 3.8) is 0 Å². The smallest absolute Gasteiger partial charge is 0.351 e. The number of nitrogen functional groups attached to an aromatic ring is 2. The van der Waals surface area contributed by atoms with E-state index in [4.69, 9.17) is 31.2 Å². The van der Waals surface area contributed by atoms with Crippen molar-refractivity contribution in [1.82, 2.24) is 19.1 Å². The summed E-state index contributed by atoms with van der Waals surface area (Å²) in [7, 11) is 0. The van der Waals surface area contributed by atoms with E-state index in [2.05, 4.69) is 9.97 Å². The van der Waals surface area contributed by atoms with Crippen molar-refractivity contribution < 1.29 is 43.8 Å². The van der Waals surface area contributed by atoms with Gasteiger partial charge in [0.25, 0.3) is 0 Å². The molecule has 2 saturated heterocycles. The molecule has 0 aromatic carbocycles. The number of aliphatic hydroxyl groups excluding tert-OH is 5. The van der Waals surface area contributed by atoms with E-state index in [1.54, 1.807) is 0 Å². The lowest BCUT2D eigenvalue weighted by molar-refractivity contribution is -0.140. The molecule has 4 rings (SSSR count). The quantitative estimate of drug-likeness (QED) is 0.210. The summed E-state index contributed by atoms with van der Waals surface area (Å²) in [5, 5.41) is 46.3. The van der Waals surface area contributed by atoms with Crippen molar-refractivity contribution in [2.24, 2.45) is 0 Å². The van der Waals surface area contributed by atoms with Crippen LogP contribution >= 0.6 is 0 Å². The lowest BCUT2D eigenvalue weighted by Crippen LogP contribution is -2.41. The van der Waals surface area contributed by atoms with Gasteiger partial charge in [-0.05, 0) is 12.1 Å². The lowest BCUT2D eigenvalue weighted by Gasteiger charge is -2.20. The number of nitrogens with zero attached hydrogens (tertiary/aromatic N) is 4. The monoisotopic (exact) mass is 506 g/mol. The van der Waals surface area contributed by atoms with Crippen molar-refractivity contribution in [3.8, 4) is 0 Å². The van der Waals surface area contributed by atoms with Crippen LogP contribution < -0.4 is 22.8 Å². The predicted octanol–water partition coefficient (Wildman–Crippen LogP) is -3.85. The third-order valence-electron chi connectivity index (χ3n) is 5.31. The predicted molar refractivity (Wildman–Crippen MR) is 111 cm³/mol. The molecule has 0 radical (unpaired) electrons. The number of hydrogen-bond donors (Lipinski definition) is 7. The van der Waals surface area contributed by atoms with Crippen molar-refractivity contribution in [2.45, 2.75) is 48.9 Å². The first-order chi connectivity index (χ1) is 16.4. The van der Waals surface area contributed by atoms with Gasteiger partial charge in [-0.15, -0.1) is 0 Å². The van der Waals surface area contributed by atoms with Crippen LogP contribution in [0.4, 0.5) is 20.4 Å². The summed E-state index contributed by atoms with van der Waals surface area (Å²) in [4.78, 5) is 29.7. The molecule has 2 fully saturated rings. The highest BCUT2D eigenvalue weighted by Gasteiger charge is 2.59. The topological polar surface area (TPSA) is 241 Å². The second-order valence-corrected chi connectivity index (χ2v) is 7.64. The molecular formula is C18H24F2N6O9.